The third kappa shape index (κ3) is 1.87. The predicted octanol–water partition coefficient (Wildman–Crippen LogP) is 2.78. The maximum Gasteiger partial charge on any atom is 0.186 e. The number of hydrogen-bond donors (Lipinski definition) is 0. The Bertz CT molecular complexity index is 382. The van der Waals surface area contributed by atoms with Gasteiger partial charge in [0.05, 0.1) is 0 Å². The zero-order chi connectivity index (χ0) is 9.10. The van der Waals surface area contributed by atoms with E-state index in [1.54, 1.807) is 0 Å². The number of benzene rings is 1. The van der Waals surface area contributed by atoms with E-state index in [-0.39, 0.29) is 0 Å². The summed E-state index contributed by atoms with van der Waals surface area (Å²) >= 11 is 0. The molecule has 0 atom stereocenters. The summed E-state index contributed by atoms with van der Waals surface area (Å²) in [5.41, 5.74) is 1.16. The molecule has 2 rings (SSSR count). The second kappa shape index (κ2) is 3.31. The Labute approximate surface area is 75.9 Å². The fourth-order valence-corrected chi connectivity index (χ4v) is 1.06. The highest BCUT2D eigenvalue weighted by Gasteiger charge is 1.98. The molecule has 0 fully saturated rings. The molecule has 1 aromatic heterocycles. The van der Waals surface area contributed by atoms with Gasteiger partial charge >= 0.3 is 0 Å². The summed E-state index contributed by atoms with van der Waals surface area (Å²) in [6, 6.07) is 7.80. The molecule has 0 aliphatic heterocycles. The molecule has 66 valence electrons. The van der Waals surface area contributed by atoms with E-state index in [0.29, 0.717) is 5.75 Å². The topological polar surface area (TPSA) is 35.3 Å². The van der Waals surface area contributed by atoms with Gasteiger partial charge in [-0.15, -0.1) is 0 Å². The van der Waals surface area contributed by atoms with Crippen LogP contribution in [0.4, 0.5) is 0 Å². The Morgan fingerprint density at radius 2 is 2.23 bits per heavy atom. The molecular formula is C10H9NO2. The van der Waals surface area contributed by atoms with Gasteiger partial charge in [-0.1, -0.05) is 17.3 Å². The highest BCUT2D eigenvalue weighted by molar-refractivity contribution is 5.31. The molecule has 1 aromatic carbocycles. The van der Waals surface area contributed by atoms with E-state index >= 15 is 0 Å². The van der Waals surface area contributed by atoms with Crippen LogP contribution in [0, 0.1) is 6.92 Å². The molecule has 0 aliphatic rings. The van der Waals surface area contributed by atoms with Gasteiger partial charge in [0.1, 0.15) is 11.9 Å². The van der Waals surface area contributed by atoms with E-state index < -0.39 is 0 Å². The van der Waals surface area contributed by atoms with Crippen LogP contribution in [0.25, 0.3) is 0 Å². The third-order valence-electron chi connectivity index (χ3n) is 1.63. The van der Waals surface area contributed by atoms with Crippen molar-refractivity contribution in [2.24, 2.45) is 0 Å². The zero-order valence-corrected chi connectivity index (χ0v) is 7.23. The van der Waals surface area contributed by atoms with Gasteiger partial charge < -0.3 is 9.26 Å². The van der Waals surface area contributed by atoms with Gasteiger partial charge in [0.15, 0.2) is 12.0 Å². The molecule has 0 amide bonds. The second-order valence-corrected chi connectivity index (χ2v) is 2.78. The summed E-state index contributed by atoms with van der Waals surface area (Å²) in [5, 5.41) is 3.54. The highest BCUT2D eigenvalue weighted by Crippen LogP contribution is 2.20. The Balaban J connectivity index is 2.19. The Morgan fingerprint density at radius 1 is 1.31 bits per heavy atom. The van der Waals surface area contributed by atoms with E-state index in [9.17, 15) is 0 Å². The summed E-state index contributed by atoms with van der Waals surface area (Å²) < 4.78 is 10.1. The van der Waals surface area contributed by atoms with Gasteiger partial charge in [-0.25, -0.2) is 0 Å². The Morgan fingerprint density at radius 3 is 2.92 bits per heavy atom. The van der Waals surface area contributed by atoms with Crippen LogP contribution in [0.2, 0.25) is 0 Å². The van der Waals surface area contributed by atoms with E-state index in [1.807, 2.05) is 31.2 Å². The van der Waals surface area contributed by atoms with Gasteiger partial charge in [0, 0.05) is 0 Å². The molecule has 0 aliphatic carbocycles. The SMILES string of the molecule is Cc1cccc(Oc2cnoc2)c1. The maximum atomic E-state index is 5.44. The number of rotatable bonds is 2. The van der Waals surface area contributed by atoms with E-state index in [0.717, 1.165) is 11.3 Å². The summed E-state index contributed by atoms with van der Waals surface area (Å²) in [6.07, 6.45) is 2.99. The quantitative estimate of drug-likeness (QED) is 0.703. The van der Waals surface area contributed by atoms with Crippen LogP contribution in [0.1, 0.15) is 5.56 Å². The van der Waals surface area contributed by atoms with Gasteiger partial charge in [-0.2, -0.15) is 0 Å². The van der Waals surface area contributed by atoms with E-state index in [4.69, 9.17) is 4.74 Å². The van der Waals surface area contributed by atoms with Gasteiger partial charge in [-0.05, 0) is 24.6 Å². The van der Waals surface area contributed by atoms with Crippen molar-refractivity contribution in [3.05, 3.63) is 42.3 Å². The molecule has 0 N–H and O–H groups in total. The number of ether oxygens (including phenoxy) is 1. The molecule has 0 spiro atoms. The van der Waals surface area contributed by atoms with Crippen LogP contribution in [0.5, 0.6) is 11.5 Å². The number of nitrogens with zero attached hydrogens (tertiary/aromatic N) is 1. The molecule has 2 aromatic rings. The lowest BCUT2D eigenvalue weighted by Crippen LogP contribution is -1.81. The minimum Gasteiger partial charge on any atom is -0.452 e. The summed E-state index contributed by atoms with van der Waals surface area (Å²) in [5.74, 6) is 1.41. The van der Waals surface area contributed by atoms with Crippen LogP contribution in [-0.4, -0.2) is 5.16 Å². The number of aromatic nitrogens is 1. The first-order valence-corrected chi connectivity index (χ1v) is 3.98. The first-order chi connectivity index (χ1) is 6.34. The molecule has 0 bridgehead atoms. The van der Waals surface area contributed by atoms with Crippen molar-refractivity contribution in [2.45, 2.75) is 6.92 Å². The van der Waals surface area contributed by atoms with Gasteiger partial charge in [0.25, 0.3) is 0 Å². The minimum absolute atomic E-state index is 0.616. The third-order valence-corrected chi connectivity index (χ3v) is 1.63. The van der Waals surface area contributed by atoms with Crippen molar-refractivity contribution in [3.63, 3.8) is 0 Å². The Hall–Kier alpha value is -1.77. The van der Waals surface area contributed by atoms with Crippen LogP contribution < -0.4 is 4.74 Å². The van der Waals surface area contributed by atoms with Crippen LogP contribution in [0.15, 0.2) is 41.2 Å². The van der Waals surface area contributed by atoms with Crippen LogP contribution in [-0.2, 0) is 0 Å². The smallest absolute Gasteiger partial charge is 0.186 e. The molecule has 0 saturated carbocycles. The Kier molecular flexibility index (Phi) is 2.00. The lowest BCUT2D eigenvalue weighted by atomic mass is 10.2. The maximum absolute atomic E-state index is 5.44. The van der Waals surface area contributed by atoms with Crippen molar-refractivity contribution >= 4 is 0 Å². The number of hydrogen-bond acceptors (Lipinski definition) is 3. The summed E-state index contributed by atoms with van der Waals surface area (Å²) in [4.78, 5) is 0. The minimum atomic E-state index is 0.616. The van der Waals surface area contributed by atoms with E-state index in [1.165, 1.54) is 12.5 Å². The average Bonchev–Trinajstić information content (AvgIpc) is 2.57. The standard InChI is InChI=1S/C10H9NO2/c1-8-3-2-4-9(5-8)13-10-6-11-12-7-10/h2-7H,1H3. The fourth-order valence-electron chi connectivity index (χ4n) is 1.06. The fraction of sp³-hybridized carbons (Fsp3) is 0.100. The zero-order valence-electron chi connectivity index (χ0n) is 7.23. The molecular weight excluding hydrogens is 166 g/mol. The van der Waals surface area contributed by atoms with Crippen molar-refractivity contribution in [1.82, 2.24) is 5.16 Å². The molecule has 0 radical (unpaired) electrons. The normalized spacial score (nSPS) is 9.92. The molecule has 3 nitrogen and oxygen atoms in total. The lowest BCUT2D eigenvalue weighted by Gasteiger charge is -2.01. The molecule has 1 heterocycles. The van der Waals surface area contributed by atoms with E-state index in [2.05, 4.69) is 9.68 Å². The van der Waals surface area contributed by atoms with Crippen LogP contribution >= 0.6 is 0 Å². The molecule has 0 saturated heterocycles. The molecule has 3 heteroatoms. The van der Waals surface area contributed by atoms with Gasteiger partial charge in [0.2, 0.25) is 0 Å². The van der Waals surface area contributed by atoms with Crippen molar-refractivity contribution in [3.8, 4) is 11.5 Å². The molecule has 13 heavy (non-hydrogen) atoms. The largest absolute Gasteiger partial charge is 0.452 e. The monoisotopic (exact) mass is 175 g/mol. The first-order valence-electron chi connectivity index (χ1n) is 3.98. The highest BCUT2D eigenvalue weighted by atomic mass is 16.5. The van der Waals surface area contributed by atoms with Gasteiger partial charge in [-0.3, -0.25) is 0 Å². The van der Waals surface area contributed by atoms with Crippen molar-refractivity contribution in [1.29, 1.82) is 0 Å². The summed E-state index contributed by atoms with van der Waals surface area (Å²) in [7, 11) is 0. The second-order valence-electron chi connectivity index (χ2n) is 2.78. The predicted molar refractivity (Wildman–Crippen MR) is 47.8 cm³/mol. The molecule has 0 unspecified atom stereocenters. The summed E-state index contributed by atoms with van der Waals surface area (Å²) in [6.45, 7) is 2.01. The van der Waals surface area contributed by atoms with Crippen LogP contribution in [0.3, 0.4) is 0 Å². The first kappa shape index (κ1) is 7.86. The number of aryl methyl sites for hydroxylation is 1. The average molecular weight is 175 g/mol. The lowest BCUT2D eigenvalue weighted by molar-refractivity contribution is 0.410. The van der Waals surface area contributed by atoms with Crippen molar-refractivity contribution in [2.75, 3.05) is 0 Å². The van der Waals surface area contributed by atoms with Crippen molar-refractivity contribution < 1.29 is 9.26 Å².